The van der Waals surface area contributed by atoms with E-state index in [1.54, 1.807) is 0 Å². The minimum absolute atomic E-state index is 0.0629. The van der Waals surface area contributed by atoms with Gasteiger partial charge in [-0.25, -0.2) is 13.4 Å². The van der Waals surface area contributed by atoms with Gasteiger partial charge in [0.1, 0.15) is 14.4 Å². The molecule has 0 unspecified atom stereocenters. The van der Waals surface area contributed by atoms with Gasteiger partial charge in [-0.15, -0.1) is 11.3 Å². The summed E-state index contributed by atoms with van der Waals surface area (Å²) in [5, 5.41) is 0.185. The van der Waals surface area contributed by atoms with Gasteiger partial charge in [0.15, 0.2) is 0 Å². The number of rotatable bonds is 3. The van der Waals surface area contributed by atoms with Crippen LogP contribution in [0.3, 0.4) is 0 Å². The van der Waals surface area contributed by atoms with E-state index in [1.165, 1.54) is 24.4 Å². The molecule has 2 aromatic rings. The van der Waals surface area contributed by atoms with Crippen molar-refractivity contribution in [2.75, 3.05) is 4.72 Å². The molecule has 0 aliphatic rings. The highest BCUT2D eigenvalue weighted by Gasteiger charge is 2.21. The number of anilines is 1. The SMILES string of the molecule is O=S(=O)(Nc1ccnc(Cl)c1)c1cc(Cl)sc1Cl. The Bertz CT molecular complexity index is 685. The van der Waals surface area contributed by atoms with Gasteiger partial charge in [-0.3, -0.25) is 4.72 Å². The lowest BCUT2D eigenvalue weighted by Crippen LogP contribution is -2.12. The Kier molecular flexibility index (Phi) is 4.03. The summed E-state index contributed by atoms with van der Waals surface area (Å²) in [6, 6.07) is 4.16. The van der Waals surface area contributed by atoms with Gasteiger partial charge in [-0.05, 0) is 18.2 Å². The molecule has 0 fully saturated rings. The van der Waals surface area contributed by atoms with E-state index in [-0.39, 0.29) is 14.4 Å². The van der Waals surface area contributed by atoms with Gasteiger partial charge < -0.3 is 0 Å². The second-order valence-corrected chi connectivity index (χ2v) is 7.48. The van der Waals surface area contributed by atoms with Crippen molar-refractivity contribution >= 4 is 61.9 Å². The third-order valence-corrected chi connectivity index (χ3v) is 5.23. The summed E-state index contributed by atoms with van der Waals surface area (Å²) in [4.78, 5) is 3.69. The van der Waals surface area contributed by atoms with Crippen LogP contribution < -0.4 is 4.72 Å². The minimum atomic E-state index is -3.78. The number of hydrogen-bond acceptors (Lipinski definition) is 4. The molecular weight excluding hydrogens is 339 g/mol. The summed E-state index contributed by atoms with van der Waals surface area (Å²) in [6.45, 7) is 0. The molecule has 0 bridgehead atoms. The van der Waals surface area contributed by atoms with Gasteiger partial charge in [-0.1, -0.05) is 34.8 Å². The first-order chi connectivity index (χ1) is 8.38. The molecule has 0 saturated heterocycles. The van der Waals surface area contributed by atoms with Crippen LogP contribution in [0.5, 0.6) is 0 Å². The highest BCUT2D eigenvalue weighted by atomic mass is 35.5. The number of nitrogens with one attached hydrogen (secondary N) is 1. The molecule has 18 heavy (non-hydrogen) atoms. The average Bonchev–Trinajstić information content (AvgIpc) is 2.58. The number of sulfonamides is 1. The van der Waals surface area contributed by atoms with Crippen molar-refractivity contribution < 1.29 is 8.42 Å². The molecule has 2 rings (SSSR count). The molecule has 0 spiro atoms. The van der Waals surface area contributed by atoms with Crippen LogP contribution in [0.2, 0.25) is 13.8 Å². The summed E-state index contributed by atoms with van der Waals surface area (Å²) >= 11 is 18.2. The number of hydrogen-bond donors (Lipinski definition) is 1. The number of thiophene rings is 1. The number of halogens is 3. The number of aromatic nitrogens is 1. The van der Waals surface area contributed by atoms with Crippen molar-refractivity contribution in [1.82, 2.24) is 4.98 Å². The standard InChI is InChI=1S/C9H5Cl3N2O2S2/c10-7-3-5(1-2-13-7)14-18(15,16)6-4-8(11)17-9(6)12/h1-4H,(H,13,14). The summed E-state index contributed by atoms with van der Waals surface area (Å²) in [6.07, 6.45) is 1.39. The van der Waals surface area contributed by atoms with Crippen LogP contribution in [0.25, 0.3) is 0 Å². The van der Waals surface area contributed by atoms with Crippen LogP contribution >= 0.6 is 46.1 Å². The van der Waals surface area contributed by atoms with Gasteiger partial charge in [0.2, 0.25) is 0 Å². The molecule has 0 aliphatic heterocycles. The Balaban J connectivity index is 2.36. The van der Waals surface area contributed by atoms with Crippen molar-refractivity contribution in [2.24, 2.45) is 0 Å². The lowest BCUT2D eigenvalue weighted by molar-refractivity contribution is 0.601. The van der Waals surface area contributed by atoms with Gasteiger partial charge in [0.05, 0.1) is 10.0 Å². The van der Waals surface area contributed by atoms with Crippen LogP contribution in [0.4, 0.5) is 5.69 Å². The lowest BCUT2D eigenvalue weighted by Gasteiger charge is -2.06. The third-order valence-electron chi connectivity index (χ3n) is 1.89. The molecule has 0 saturated carbocycles. The van der Waals surface area contributed by atoms with E-state index in [2.05, 4.69) is 9.71 Å². The maximum absolute atomic E-state index is 12.0. The molecule has 0 aliphatic carbocycles. The maximum Gasteiger partial charge on any atom is 0.264 e. The summed E-state index contributed by atoms with van der Waals surface area (Å²) in [7, 11) is -3.78. The van der Waals surface area contributed by atoms with Crippen LogP contribution in [-0.2, 0) is 10.0 Å². The molecule has 9 heteroatoms. The van der Waals surface area contributed by atoms with E-state index in [1.807, 2.05) is 0 Å². The first kappa shape index (κ1) is 13.9. The van der Waals surface area contributed by atoms with Crippen molar-refractivity contribution in [3.63, 3.8) is 0 Å². The van der Waals surface area contributed by atoms with E-state index < -0.39 is 10.0 Å². The third kappa shape index (κ3) is 3.07. The van der Waals surface area contributed by atoms with Crippen LogP contribution in [0.1, 0.15) is 0 Å². The molecule has 0 amide bonds. The number of pyridine rings is 1. The molecule has 0 radical (unpaired) electrons. The normalized spacial score (nSPS) is 11.5. The van der Waals surface area contributed by atoms with Crippen molar-refractivity contribution in [2.45, 2.75) is 4.90 Å². The predicted molar refractivity (Wildman–Crippen MR) is 74.4 cm³/mol. The van der Waals surface area contributed by atoms with Gasteiger partial charge in [0.25, 0.3) is 10.0 Å². The highest BCUT2D eigenvalue weighted by molar-refractivity contribution is 7.93. The minimum Gasteiger partial charge on any atom is -0.279 e. The first-order valence-electron chi connectivity index (χ1n) is 4.48. The highest BCUT2D eigenvalue weighted by Crippen LogP contribution is 2.35. The lowest BCUT2D eigenvalue weighted by atomic mass is 10.4. The van der Waals surface area contributed by atoms with Crippen molar-refractivity contribution in [3.8, 4) is 0 Å². The number of nitrogens with zero attached hydrogens (tertiary/aromatic N) is 1. The monoisotopic (exact) mass is 342 g/mol. The molecular formula is C9H5Cl3N2O2S2. The van der Waals surface area contributed by atoms with Gasteiger partial charge in [-0.2, -0.15) is 0 Å². The fraction of sp³-hybridized carbons (Fsp3) is 0. The smallest absolute Gasteiger partial charge is 0.264 e. The van der Waals surface area contributed by atoms with E-state index in [0.717, 1.165) is 11.3 Å². The Morgan fingerprint density at radius 3 is 2.50 bits per heavy atom. The fourth-order valence-corrected chi connectivity index (χ4v) is 4.56. The van der Waals surface area contributed by atoms with Crippen molar-refractivity contribution in [3.05, 3.63) is 38.2 Å². The van der Waals surface area contributed by atoms with E-state index in [0.29, 0.717) is 10.0 Å². The molecule has 2 heterocycles. The van der Waals surface area contributed by atoms with Crippen LogP contribution in [0, 0.1) is 0 Å². The topological polar surface area (TPSA) is 59.1 Å². The predicted octanol–water partition coefficient (Wildman–Crippen LogP) is 3.90. The van der Waals surface area contributed by atoms with Crippen molar-refractivity contribution in [1.29, 1.82) is 0 Å². The fourth-order valence-electron chi connectivity index (χ4n) is 1.18. The zero-order valence-corrected chi connectivity index (χ0v) is 12.4. The Labute approximate surface area is 123 Å². The zero-order chi connectivity index (χ0) is 13.3. The summed E-state index contributed by atoms with van der Waals surface area (Å²) in [5.41, 5.74) is 0.299. The van der Waals surface area contributed by atoms with Crippen LogP contribution in [-0.4, -0.2) is 13.4 Å². The first-order valence-corrected chi connectivity index (χ1v) is 7.91. The summed E-state index contributed by atoms with van der Waals surface area (Å²) in [5.74, 6) is 0. The Hall–Kier alpha value is -0.530. The molecule has 2 aromatic heterocycles. The average molecular weight is 344 g/mol. The quantitative estimate of drug-likeness (QED) is 0.860. The largest absolute Gasteiger partial charge is 0.279 e. The van der Waals surface area contributed by atoms with E-state index >= 15 is 0 Å². The second kappa shape index (κ2) is 5.22. The molecule has 0 aromatic carbocycles. The zero-order valence-electron chi connectivity index (χ0n) is 8.52. The molecule has 96 valence electrons. The van der Waals surface area contributed by atoms with E-state index in [9.17, 15) is 8.42 Å². The Morgan fingerprint density at radius 1 is 1.22 bits per heavy atom. The maximum atomic E-state index is 12.0. The van der Waals surface area contributed by atoms with Crippen LogP contribution in [0.15, 0.2) is 29.3 Å². The molecule has 4 nitrogen and oxygen atoms in total. The molecule has 0 atom stereocenters. The van der Waals surface area contributed by atoms with E-state index in [4.69, 9.17) is 34.8 Å². The van der Waals surface area contributed by atoms with Gasteiger partial charge in [0, 0.05) is 6.20 Å². The molecule has 1 N–H and O–H groups in total. The summed E-state index contributed by atoms with van der Waals surface area (Å²) < 4.78 is 26.8. The second-order valence-electron chi connectivity index (χ2n) is 3.16. The Morgan fingerprint density at radius 2 is 1.94 bits per heavy atom. The van der Waals surface area contributed by atoms with Gasteiger partial charge >= 0.3 is 0 Å².